The van der Waals surface area contributed by atoms with E-state index in [9.17, 15) is 4.79 Å². The normalized spacial score (nSPS) is 10.1. The molecule has 0 aliphatic rings. The summed E-state index contributed by atoms with van der Waals surface area (Å²) in [7, 11) is 2.88. The highest BCUT2D eigenvalue weighted by molar-refractivity contribution is 6.33. The molecule has 4 heteroatoms. The van der Waals surface area contributed by atoms with Crippen molar-refractivity contribution in [2.75, 3.05) is 14.2 Å². The van der Waals surface area contributed by atoms with E-state index >= 15 is 0 Å². The first-order valence-electron chi connectivity index (χ1n) is 5.47. The van der Waals surface area contributed by atoms with Crippen LogP contribution in [0, 0.1) is 20.8 Å². The zero-order chi connectivity index (χ0) is 14.0. The largest absolute Gasteiger partial charge is 0.496 e. The fourth-order valence-electron chi connectivity index (χ4n) is 1.93. The Morgan fingerprint density at radius 1 is 1.11 bits per heavy atom. The summed E-state index contributed by atoms with van der Waals surface area (Å²) in [6, 6.07) is 0. The van der Waals surface area contributed by atoms with E-state index in [1.807, 2.05) is 20.8 Å². The van der Waals surface area contributed by atoms with Gasteiger partial charge in [0.2, 0.25) is 0 Å². The molecule has 3 nitrogen and oxygen atoms in total. The molecule has 1 aromatic carbocycles. The van der Waals surface area contributed by atoms with E-state index < -0.39 is 5.97 Å². The van der Waals surface area contributed by atoms with Crippen LogP contribution in [-0.4, -0.2) is 20.2 Å². The molecule has 0 unspecified atom stereocenters. The van der Waals surface area contributed by atoms with Gasteiger partial charge in [0.15, 0.2) is 0 Å². The van der Waals surface area contributed by atoms with Gasteiger partial charge >= 0.3 is 5.97 Å². The number of methoxy groups -OCH3 is 2. The minimum absolute atomic E-state index is 0.247. The number of ether oxygens (including phenoxy) is 2. The molecule has 0 heterocycles. The van der Waals surface area contributed by atoms with E-state index in [1.54, 1.807) is 7.11 Å². The van der Waals surface area contributed by atoms with E-state index in [0.717, 1.165) is 16.7 Å². The van der Waals surface area contributed by atoms with Crippen molar-refractivity contribution in [2.45, 2.75) is 20.8 Å². The van der Waals surface area contributed by atoms with Crippen molar-refractivity contribution >= 4 is 23.1 Å². The van der Waals surface area contributed by atoms with Crippen molar-refractivity contribution in [3.05, 3.63) is 33.9 Å². The first kappa shape index (κ1) is 14.6. The second-order valence-electron chi connectivity index (χ2n) is 4.07. The number of hydrogen-bond donors (Lipinski definition) is 0. The zero-order valence-electron chi connectivity index (χ0n) is 11.3. The molecule has 0 saturated heterocycles. The van der Waals surface area contributed by atoms with Gasteiger partial charge in [0.25, 0.3) is 0 Å². The van der Waals surface area contributed by atoms with Crippen molar-refractivity contribution in [3.63, 3.8) is 0 Å². The summed E-state index contributed by atoms with van der Waals surface area (Å²) in [5.41, 5.74) is 3.46. The Labute approximate surface area is 112 Å². The molecule has 0 aromatic heterocycles. The maximum atomic E-state index is 11.6. The van der Waals surface area contributed by atoms with Gasteiger partial charge in [0.1, 0.15) is 5.75 Å². The van der Waals surface area contributed by atoms with Gasteiger partial charge in [-0.2, -0.15) is 0 Å². The van der Waals surface area contributed by atoms with Crippen molar-refractivity contribution < 1.29 is 14.3 Å². The second-order valence-corrected chi connectivity index (χ2v) is 4.45. The quantitative estimate of drug-likeness (QED) is 0.622. The molecule has 0 spiro atoms. The minimum Gasteiger partial charge on any atom is -0.496 e. The van der Waals surface area contributed by atoms with Gasteiger partial charge in [-0.15, -0.1) is 0 Å². The maximum Gasteiger partial charge on any atom is 0.338 e. The highest BCUT2D eigenvalue weighted by Crippen LogP contribution is 2.39. The van der Waals surface area contributed by atoms with Gasteiger partial charge in [-0.1, -0.05) is 18.2 Å². The van der Waals surface area contributed by atoms with Crippen LogP contribution in [-0.2, 0) is 9.53 Å². The van der Waals surface area contributed by atoms with Gasteiger partial charge in [-0.3, -0.25) is 0 Å². The van der Waals surface area contributed by atoms with E-state index in [-0.39, 0.29) is 5.57 Å². The smallest absolute Gasteiger partial charge is 0.338 e. The Kier molecular flexibility index (Phi) is 4.41. The Bertz CT molecular complexity index is 519. The Morgan fingerprint density at radius 3 is 2.11 bits per heavy atom. The van der Waals surface area contributed by atoms with Crippen LogP contribution in [0.2, 0.25) is 5.02 Å². The third kappa shape index (κ3) is 2.23. The lowest BCUT2D eigenvalue weighted by atomic mass is 9.94. The summed E-state index contributed by atoms with van der Waals surface area (Å²) in [5, 5.41) is 0.619. The fourth-order valence-corrected chi connectivity index (χ4v) is 2.16. The first-order valence-corrected chi connectivity index (χ1v) is 5.85. The number of halogens is 1. The van der Waals surface area contributed by atoms with Crippen LogP contribution < -0.4 is 4.74 Å². The number of carbonyl (C=O) groups excluding carboxylic acids is 1. The summed E-state index contributed by atoms with van der Waals surface area (Å²) in [5.74, 6) is 0.125. The predicted molar refractivity (Wildman–Crippen MR) is 73.3 cm³/mol. The molecule has 0 bridgehead atoms. The number of hydrogen-bond acceptors (Lipinski definition) is 3. The SMILES string of the molecule is C=C(C(=O)OC)c1c(C)c(Cl)c(C)c(C)c1OC. The van der Waals surface area contributed by atoms with Crippen LogP contribution >= 0.6 is 11.6 Å². The Morgan fingerprint density at radius 2 is 1.67 bits per heavy atom. The van der Waals surface area contributed by atoms with Crippen molar-refractivity contribution in [2.24, 2.45) is 0 Å². The molecule has 18 heavy (non-hydrogen) atoms. The zero-order valence-corrected chi connectivity index (χ0v) is 12.1. The van der Waals surface area contributed by atoms with Crippen LogP contribution in [0.1, 0.15) is 22.3 Å². The lowest BCUT2D eigenvalue weighted by Gasteiger charge is -2.19. The van der Waals surface area contributed by atoms with Gasteiger partial charge in [0.05, 0.1) is 19.8 Å². The van der Waals surface area contributed by atoms with Crippen molar-refractivity contribution in [1.29, 1.82) is 0 Å². The van der Waals surface area contributed by atoms with Gasteiger partial charge in [-0.05, 0) is 37.5 Å². The molecular formula is C14H17ClO3. The van der Waals surface area contributed by atoms with Gasteiger partial charge < -0.3 is 9.47 Å². The molecular weight excluding hydrogens is 252 g/mol. The third-order valence-corrected chi connectivity index (χ3v) is 3.67. The molecule has 98 valence electrons. The van der Waals surface area contributed by atoms with E-state index in [2.05, 4.69) is 6.58 Å². The van der Waals surface area contributed by atoms with Crippen molar-refractivity contribution in [3.8, 4) is 5.75 Å². The minimum atomic E-state index is -0.490. The van der Waals surface area contributed by atoms with E-state index in [1.165, 1.54) is 7.11 Å². The lowest BCUT2D eigenvalue weighted by Crippen LogP contribution is -2.08. The highest BCUT2D eigenvalue weighted by Gasteiger charge is 2.22. The molecule has 0 N–H and O–H groups in total. The molecule has 0 saturated carbocycles. The van der Waals surface area contributed by atoms with E-state index in [4.69, 9.17) is 21.1 Å². The highest BCUT2D eigenvalue weighted by atomic mass is 35.5. The fraction of sp³-hybridized carbons (Fsp3) is 0.357. The molecule has 0 radical (unpaired) electrons. The third-order valence-electron chi connectivity index (χ3n) is 3.10. The number of esters is 1. The number of benzene rings is 1. The second kappa shape index (κ2) is 5.44. The predicted octanol–water partition coefficient (Wildman–Crippen LogP) is 3.46. The first-order chi connectivity index (χ1) is 8.36. The van der Waals surface area contributed by atoms with Gasteiger partial charge in [0, 0.05) is 10.6 Å². The molecule has 0 atom stereocenters. The van der Waals surface area contributed by atoms with Gasteiger partial charge in [-0.25, -0.2) is 4.79 Å². The molecule has 0 fully saturated rings. The maximum absolute atomic E-state index is 11.6. The van der Waals surface area contributed by atoms with E-state index in [0.29, 0.717) is 16.3 Å². The topological polar surface area (TPSA) is 35.5 Å². The van der Waals surface area contributed by atoms with Crippen LogP contribution in [0.5, 0.6) is 5.75 Å². The summed E-state index contributed by atoms with van der Waals surface area (Å²) in [6.45, 7) is 9.41. The van der Waals surface area contributed by atoms with Crippen LogP contribution in [0.4, 0.5) is 0 Å². The summed E-state index contributed by atoms with van der Waals surface area (Å²) < 4.78 is 10.1. The summed E-state index contributed by atoms with van der Waals surface area (Å²) in [4.78, 5) is 11.6. The average molecular weight is 269 g/mol. The lowest BCUT2D eigenvalue weighted by molar-refractivity contribution is -0.133. The summed E-state index contributed by atoms with van der Waals surface area (Å²) in [6.07, 6.45) is 0. The monoisotopic (exact) mass is 268 g/mol. The molecule has 1 aromatic rings. The van der Waals surface area contributed by atoms with Crippen LogP contribution in [0.15, 0.2) is 6.58 Å². The average Bonchev–Trinajstić information content (AvgIpc) is 2.38. The standard InChI is InChI=1S/C14H17ClO3/c1-7-8(2)13(17-5)11(9(3)12(7)15)10(4)14(16)18-6/h4H2,1-3,5-6H3. The Hall–Kier alpha value is -1.48. The van der Waals surface area contributed by atoms with Crippen LogP contribution in [0.3, 0.4) is 0 Å². The molecule has 0 aliphatic carbocycles. The molecule has 0 aliphatic heterocycles. The van der Waals surface area contributed by atoms with Crippen LogP contribution in [0.25, 0.3) is 5.57 Å². The Balaban J connectivity index is 3.62. The number of carbonyl (C=O) groups is 1. The molecule has 1 rings (SSSR count). The van der Waals surface area contributed by atoms with Crippen molar-refractivity contribution in [1.82, 2.24) is 0 Å². The summed E-state index contributed by atoms with van der Waals surface area (Å²) >= 11 is 6.26. The number of rotatable bonds is 3. The molecule has 0 amide bonds.